The van der Waals surface area contributed by atoms with Crippen molar-refractivity contribution in [3.63, 3.8) is 0 Å². The summed E-state index contributed by atoms with van der Waals surface area (Å²) in [7, 11) is 0. The Balaban J connectivity index is 1.46. The fourth-order valence-corrected chi connectivity index (χ4v) is 2.37. The summed E-state index contributed by atoms with van der Waals surface area (Å²) in [6.45, 7) is 2.12. The molecule has 0 saturated carbocycles. The van der Waals surface area contributed by atoms with E-state index in [1.165, 1.54) is 0 Å². The summed E-state index contributed by atoms with van der Waals surface area (Å²) in [6.07, 6.45) is 0. The van der Waals surface area contributed by atoms with E-state index in [2.05, 4.69) is 10.1 Å². The van der Waals surface area contributed by atoms with E-state index in [1.54, 1.807) is 48.5 Å². The lowest BCUT2D eigenvalue weighted by atomic mass is 10.2. The number of esters is 1. The lowest BCUT2D eigenvalue weighted by Crippen LogP contribution is -2.14. The third kappa shape index (κ3) is 5.46. The van der Waals surface area contributed by atoms with E-state index in [0.29, 0.717) is 28.8 Å². The summed E-state index contributed by atoms with van der Waals surface area (Å²) < 4.78 is 20.8. The normalized spacial score (nSPS) is 10.4. The average Bonchev–Trinajstić information content (AvgIpc) is 3.15. The standard InChI is InChI=1S/C19H17ClN2O5/c1-2-24-15-6-8-16(9-7-15)25-12-18(23)26-11-17-21-19(22-27-17)13-4-3-5-14(20)10-13/h3-10H,2,11-12H2,1H3. The van der Waals surface area contributed by atoms with Gasteiger partial charge in [0.05, 0.1) is 6.61 Å². The summed E-state index contributed by atoms with van der Waals surface area (Å²) in [6, 6.07) is 14.0. The van der Waals surface area contributed by atoms with Crippen molar-refractivity contribution in [2.45, 2.75) is 13.5 Å². The van der Waals surface area contributed by atoms with Gasteiger partial charge in [-0.15, -0.1) is 0 Å². The first-order valence-electron chi connectivity index (χ1n) is 8.24. The molecular formula is C19H17ClN2O5. The highest BCUT2D eigenvalue weighted by atomic mass is 35.5. The van der Waals surface area contributed by atoms with Crippen LogP contribution in [0.25, 0.3) is 11.4 Å². The Bertz CT molecular complexity index is 895. The Morgan fingerprint density at radius 1 is 1.11 bits per heavy atom. The molecule has 0 aliphatic rings. The van der Waals surface area contributed by atoms with Crippen LogP contribution in [0.5, 0.6) is 11.5 Å². The molecule has 2 aromatic carbocycles. The Morgan fingerprint density at radius 2 is 1.85 bits per heavy atom. The van der Waals surface area contributed by atoms with E-state index in [9.17, 15) is 4.79 Å². The van der Waals surface area contributed by atoms with E-state index < -0.39 is 5.97 Å². The molecule has 3 aromatic rings. The van der Waals surface area contributed by atoms with Gasteiger partial charge in [-0.25, -0.2) is 4.79 Å². The molecule has 0 radical (unpaired) electrons. The third-order valence-electron chi connectivity index (χ3n) is 3.40. The zero-order chi connectivity index (χ0) is 19.1. The number of carbonyl (C=O) groups is 1. The molecule has 27 heavy (non-hydrogen) atoms. The van der Waals surface area contributed by atoms with Crippen LogP contribution in [-0.2, 0) is 16.1 Å². The molecule has 8 heteroatoms. The molecule has 0 bridgehead atoms. The SMILES string of the molecule is CCOc1ccc(OCC(=O)OCc2nc(-c3cccc(Cl)c3)no2)cc1. The van der Waals surface area contributed by atoms with Crippen molar-refractivity contribution in [3.8, 4) is 22.9 Å². The highest BCUT2D eigenvalue weighted by Crippen LogP contribution is 2.20. The topological polar surface area (TPSA) is 83.7 Å². The molecule has 0 fully saturated rings. The number of ether oxygens (including phenoxy) is 3. The number of nitrogens with zero attached hydrogens (tertiary/aromatic N) is 2. The molecule has 0 unspecified atom stereocenters. The van der Waals surface area contributed by atoms with E-state index in [4.69, 9.17) is 30.3 Å². The summed E-state index contributed by atoms with van der Waals surface area (Å²) in [5.74, 6) is 1.27. The van der Waals surface area contributed by atoms with Crippen LogP contribution in [0.15, 0.2) is 53.1 Å². The van der Waals surface area contributed by atoms with Crippen LogP contribution in [0.3, 0.4) is 0 Å². The van der Waals surface area contributed by atoms with Gasteiger partial charge in [-0.3, -0.25) is 0 Å². The lowest BCUT2D eigenvalue weighted by molar-refractivity contribution is -0.148. The van der Waals surface area contributed by atoms with Crippen LogP contribution in [0.4, 0.5) is 0 Å². The Kier molecular flexibility index (Phi) is 6.27. The van der Waals surface area contributed by atoms with Gasteiger partial charge in [0.2, 0.25) is 5.82 Å². The predicted molar refractivity (Wildman–Crippen MR) is 97.6 cm³/mol. The molecule has 3 rings (SSSR count). The van der Waals surface area contributed by atoms with Gasteiger partial charge in [0.1, 0.15) is 11.5 Å². The second-order valence-corrected chi connectivity index (χ2v) is 5.81. The Hall–Kier alpha value is -3.06. The van der Waals surface area contributed by atoms with Crippen molar-refractivity contribution in [1.29, 1.82) is 0 Å². The monoisotopic (exact) mass is 388 g/mol. The Labute approximate surface area is 160 Å². The molecule has 0 aliphatic heterocycles. The maximum absolute atomic E-state index is 11.8. The summed E-state index contributed by atoms with van der Waals surface area (Å²) in [4.78, 5) is 16.0. The van der Waals surface area contributed by atoms with Gasteiger partial charge < -0.3 is 18.7 Å². The molecule has 0 atom stereocenters. The second kappa shape index (κ2) is 9.05. The van der Waals surface area contributed by atoms with E-state index in [0.717, 1.165) is 5.75 Å². The van der Waals surface area contributed by atoms with Crippen LogP contribution in [-0.4, -0.2) is 29.3 Å². The molecule has 7 nitrogen and oxygen atoms in total. The van der Waals surface area contributed by atoms with Crippen LogP contribution in [0.1, 0.15) is 12.8 Å². The highest BCUT2D eigenvalue weighted by Gasteiger charge is 2.12. The quantitative estimate of drug-likeness (QED) is 0.541. The summed E-state index contributed by atoms with van der Waals surface area (Å²) >= 11 is 5.94. The minimum Gasteiger partial charge on any atom is -0.494 e. The first-order valence-corrected chi connectivity index (χ1v) is 8.61. The minimum absolute atomic E-state index is 0.140. The fraction of sp³-hybridized carbons (Fsp3) is 0.211. The first-order chi connectivity index (χ1) is 13.1. The summed E-state index contributed by atoms with van der Waals surface area (Å²) in [5, 5.41) is 4.41. The largest absolute Gasteiger partial charge is 0.494 e. The molecular weight excluding hydrogens is 372 g/mol. The van der Waals surface area contributed by atoms with Crippen molar-refractivity contribution in [2.24, 2.45) is 0 Å². The van der Waals surface area contributed by atoms with Crippen molar-refractivity contribution in [1.82, 2.24) is 10.1 Å². The highest BCUT2D eigenvalue weighted by molar-refractivity contribution is 6.30. The molecule has 140 valence electrons. The number of benzene rings is 2. The number of hydrogen-bond donors (Lipinski definition) is 0. The van der Waals surface area contributed by atoms with Crippen LogP contribution < -0.4 is 9.47 Å². The average molecular weight is 389 g/mol. The van der Waals surface area contributed by atoms with Gasteiger partial charge in [-0.1, -0.05) is 28.9 Å². The van der Waals surface area contributed by atoms with E-state index >= 15 is 0 Å². The number of halogens is 1. The van der Waals surface area contributed by atoms with Crippen molar-refractivity contribution in [2.75, 3.05) is 13.2 Å². The number of hydrogen-bond acceptors (Lipinski definition) is 7. The van der Waals surface area contributed by atoms with Crippen LogP contribution in [0, 0.1) is 0 Å². The maximum atomic E-state index is 11.8. The molecule has 0 saturated heterocycles. The van der Waals surface area contributed by atoms with Gasteiger partial charge in [-0.05, 0) is 43.3 Å². The molecule has 1 heterocycles. The smallest absolute Gasteiger partial charge is 0.344 e. The first kappa shape index (κ1) is 18.7. The molecule has 0 amide bonds. The predicted octanol–water partition coefficient (Wildman–Crippen LogP) is 3.91. The number of rotatable bonds is 8. The van der Waals surface area contributed by atoms with Crippen LogP contribution >= 0.6 is 11.6 Å². The van der Waals surface area contributed by atoms with Gasteiger partial charge in [0.25, 0.3) is 5.89 Å². The zero-order valence-corrected chi connectivity index (χ0v) is 15.3. The summed E-state index contributed by atoms with van der Waals surface area (Å²) in [5.41, 5.74) is 0.711. The molecule has 1 aromatic heterocycles. The third-order valence-corrected chi connectivity index (χ3v) is 3.63. The van der Waals surface area contributed by atoms with Gasteiger partial charge in [0, 0.05) is 10.6 Å². The zero-order valence-electron chi connectivity index (χ0n) is 14.6. The lowest BCUT2D eigenvalue weighted by Gasteiger charge is -2.07. The van der Waals surface area contributed by atoms with Crippen molar-refractivity contribution < 1.29 is 23.5 Å². The second-order valence-electron chi connectivity index (χ2n) is 5.38. The Morgan fingerprint density at radius 3 is 2.56 bits per heavy atom. The molecule has 0 aliphatic carbocycles. The molecule has 0 N–H and O–H groups in total. The van der Waals surface area contributed by atoms with Gasteiger partial charge in [0.15, 0.2) is 13.2 Å². The van der Waals surface area contributed by atoms with Crippen molar-refractivity contribution in [3.05, 3.63) is 59.4 Å². The van der Waals surface area contributed by atoms with Gasteiger partial charge in [-0.2, -0.15) is 4.98 Å². The van der Waals surface area contributed by atoms with Crippen molar-refractivity contribution >= 4 is 17.6 Å². The number of aromatic nitrogens is 2. The maximum Gasteiger partial charge on any atom is 0.344 e. The fourth-order valence-electron chi connectivity index (χ4n) is 2.18. The number of carbonyl (C=O) groups excluding carboxylic acids is 1. The van der Waals surface area contributed by atoms with Gasteiger partial charge >= 0.3 is 5.97 Å². The minimum atomic E-state index is -0.550. The van der Waals surface area contributed by atoms with E-state index in [1.807, 2.05) is 6.92 Å². The molecule has 0 spiro atoms. The van der Waals surface area contributed by atoms with Crippen LogP contribution in [0.2, 0.25) is 5.02 Å². The van der Waals surface area contributed by atoms with E-state index in [-0.39, 0.29) is 19.1 Å².